The van der Waals surface area contributed by atoms with E-state index in [4.69, 9.17) is 0 Å². The van der Waals surface area contributed by atoms with E-state index in [9.17, 15) is 14.7 Å². The van der Waals surface area contributed by atoms with Gasteiger partial charge in [0.05, 0.1) is 23.0 Å². The number of rotatable bonds is 5. The number of nitrogens with zero attached hydrogens (tertiary/aromatic N) is 2. The molecular formula is C20H19N5O3. The van der Waals surface area contributed by atoms with Gasteiger partial charge in [0, 0.05) is 24.2 Å². The molecule has 2 atom stereocenters. The highest BCUT2D eigenvalue weighted by Crippen LogP contribution is 2.25. The number of fused-ring (bicyclic) bond motifs is 1. The van der Waals surface area contributed by atoms with Crippen LogP contribution in [0.3, 0.4) is 0 Å². The molecule has 1 aromatic heterocycles. The van der Waals surface area contributed by atoms with E-state index in [1.54, 1.807) is 12.1 Å². The van der Waals surface area contributed by atoms with Gasteiger partial charge in [-0.2, -0.15) is 0 Å². The maximum Gasteiger partial charge on any atom is 0.337 e. The fourth-order valence-electron chi connectivity index (χ4n) is 3.41. The Bertz CT molecular complexity index is 1020. The molecule has 1 fully saturated rings. The molecule has 0 saturated carbocycles. The Labute approximate surface area is 161 Å². The van der Waals surface area contributed by atoms with Crippen LogP contribution in [0.1, 0.15) is 10.4 Å². The van der Waals surface area contributed by atoms with Crippen LogP contribution in [0.4, 0.5) is 11.5 Å². The van der Waals surface area contributed by atoms with Crippen LogP contribution in [-0.4, -0.2) is 46.1 Å². The topological polar surface area (TPSA) is 116 Å². The molecular weight excluding hydrogens is 358 g/mol. The number of hydrogen-bond acceptors (Lipinski definition) is 6. The summed E-state index contributed by atoms with van der Waals surface area (Å²) in [4.78, 5) is 32.6. The van der Waals surface area contributed by atoms with Crippen molar-refractivity contribution in [3.05, 3.63) is 60.4 Å². The molecule has 4 rings (SSSR count). The average Bonchev–Trinajstić information content (AvgIpc) is 3.17. The lowest BCUT2D eigenvalue weighted by molar-refractivity contribution is -0.119. The zero-order valence-electron chi connectivity index (χ0n) is 14.9. The molecule has 28 heavy (non-hydrogen) atoms. The first-order chi connectivity index (χ1) is 13.6. The fourth-order valence-corrected chi connectivity index (χ4v) is 3.41. The molecule has 3 aromatic rings. The van der Waals surface area contributed by atoms with Crippen molar-refractivity contribution in [2.75, 3.05) is 23.7 Å². The van der Waals surface area contributed by atoms with Gasteiger partial charge in [0.25, 0.3) is 0 Å². The first kappa shape index (κ1) is 17.9. The molecule has 0 spiro atoms. The SMILES string of the molecule is O=C(O)c1cccc2c(N[C@@H]3CNC[C@H]3C(=O)Nc3ccccc3)ncnc12. The van der Waals surface area contributed by atoms with E-state index in [-0.39, 0.29) is 23.4 Å². The Morgan fingerprint density at radius 3 is 2.64 bits per heavy atom. The van der Waals surface area contributed by atoms with Crippen LogP contribution in [0, 0.1) is 5.92 Å². The van der Waals surface area contributed by atoms with Crippen molar-refractivity contribution < 1.29 is 14.7 Å². The van der Waals surface area contributed by atoms with Crippen molar-refractivity contribution in [1.29, 1.82) is 0 Å². The van der Waals surface area contributed by atoms with Crippen LogP contribution < -0.4 is 16.0 Å². The lowest BCUT2D eigenvalue weighted by atomic mass is 10.0. The van der Waals surface area contributed by atoms with Gasteiger partial charge in [-0.1, -0.05) is 24.3 Å². The normalized spacial score (nSPS) is 18.7. The summed E-state index contributed by atoms with van der Waals surface area (Å²) in [5.41, 5.74) is 1.23. The maximum absolute atomic E-state index is 12.7. The van der Waals surface area contributed by atoms with Crippen molar-refractivity contribution in [3.63, 3.8) is 0 Å². The van der Waals surface area contributed by atoms with Gasteiger partial charge >= 0.3 is 5.97 Å². The van der Waals surface area contributed by atoms with Crippen LogP contribution in [0.15, 0.2) is 54.9 Å². The minimum Gasteiger partial charge on any atom is -0.478 e. The van der Waals surface area contributed by atoms with Crippen LogP contribution in [-0.2, 0) is 4.79 Å². The summed E-state index contributed by atoms with van der Waals surface area (Å²) in [5.74, 6) is -0.914. The predicted molar refractivity (Wildman–Crippen MR) is 105 cm³/mol. The molecule has 0 bridgehead atoms. The third-order valence-electron chi connectivity index (χ3n) is 4.81. The number of carbonyl (C=O) groups excluding carboxylic acids is 1. The van der Waals surface area contributed by atoms with Gasteiger partial charge in [0.2, 0.25) is 5.91 Å². The van der Waals surface area contributed by atoms with E-state index < -0.39 is 5.97 Å². The van der Waals surface area contributed by atoms with Crippen LogP contribution in [0.25, 0.3) is 10.9 Å². The highest BCUT2D eigenvalue weighted by molar-refractivity contribution is 6.04. The summed E-state index contributed by atoms with van der Waals surface area (Å²) in [5, 5.41) is 19.4. The second-order valence-electron chi connectivity index (χ2n) is 6.60. The van der Waals surface area contributed by atoms with Crippen LogP contribution >= 0.6 is 0 Å². The van der Waals surface area contributed by atoms with Gasteiger partial charge in [-0.3, -0.25) is 4.79 Å². The third-order valence-corrected chi connectivity index (χ3v) is 4.81. The lowest BCUT2D eigenvalue weighted by Crippen LogP contribution is -2.37. The minimum atomic E-state index is -1.04. The van der Waals surface area contributed by atoms with E-state index in [1.807, 2.05) is 30.3 Å². The Morgan fingerprint density at radius 1 is 1.04 bits per heavy atom. The summed E-state index contributed by atoms with van der Waals surface area (Å²) in [6.07, 6.45) is 1.33. The second kappa shape index (κ2) is 7.61. The lowest BCUT2D eigenvalue weighted by Gasteiger charge is -2.21. The highest BCUT2D eigenvalue weighted by atomic mass is 16.4. The molecule has 1 aliphatic rings. The van der Waals surface area contributed by atoms with Gasteiger partial charge in [-0.15, -0.1) is 0 Å². The molecule has 0 unspecified atom stereocenters. The zero-order chi connectivity index (χ0) is 19.5. The van der Waals surface area contributed by atoms with Gasteiger partial charge in [-0.05, 0) is 24.3 Å². The van der Waals surface area contributed by atoms with Crippen LogP contribution in [0.2, 0.25) is 0 Å². The van der Waals surface area contributed by atoms with E-state index >= 15 is 0 Å². The standard InChI is InChI=1S/C20H19N5O3/c26-19(24-12-5-2-1-3-6-12)15-9-21-10-16(15)25-18-13-7-4-8-14(20(27)28)17(13)22-11-23-18/h1-8,11,15-16,21H,9-10H2,(H,24,26)(H,27,28)(H,22,23,25)/t15-,16-/m1/s1. The van der Waals surface area contributed by atoms with Crippen molar-refractivity contribution in [1.82, 2.24) is 15.3 Å². The van der Waals surface area contributed by atoms with Crippen molar-refractivity contribution >= 4 is 34.3 Å². The molecule has 1 amide bonds. The Balaban J connectivity index is 1.57. The zero-order valence-corrected chi connectivity index (χ0v) is 14.9. The van der Waals surface area contributed by atoms with E-state index in [0.717, 1.165) is 5.69 Å². The number of benzene rings is 2. The number of carboxylic acid groups (broad SMARTS) is 1. The number of carboxylic acids is 1. The van der Waals surface area contributed by atoms with Gasteiger partial charge in [0.1, 0.15) is 12.1 Å². The molecule has 2 heterocycles. The second-order valence-corrected chi connectivity index (χ2v) is 6.60. The first-order valence-electron chi connectivity index (χ1n) is 8.93. The van der Waals surface area contributed by atoms with Crippen LogP contribution in [0.5, 0.6) is 0 Å². The predicted octanol–water partition coefficient (Wildman–Crippen LogP) is 1.97. The number of hydrogen-bond donors (Lipinski definition) is 4. The minimum absolute atomic E-state index is 0.0849. The van der Waals surface area contributed by atoms with E-state index in [0.29, 0.717) is 29.8 Å². The largest absolute Gasteiger partial charge is 0.478 e. The fraction of sp³-hybridized carbons (Fsp3) is 0.200. The highest BCUT2D eigenvalue weighted by Gasteiger charge is 2.33. The molecule has 8 heteroatoms. The molecule has 8 nitrogen and oxygen atoms in total. The first-order valence-corrected chi connectivity index (χ1v) is 8.93. The molecule has 0 radical (unpaired) electrons. The Hall–Kier alpha value is -3.52. The van der Waals surface area contributed by atoms with E-state index in [1.165, 1.54) is 12.4 Å². The molecule has 142 valence electrons. The number of aromatic nitrogens is 2. The Kier molecular flexibility index (Phi) is 4.86. The summed E-state index contributed by atoms with van der Waals surface area (Å²) in [6, 6.07) is 14.1. The number of para-hydroxylation sites is 2. The summed E-state index contributed by atoms with van der Waals surface area (Å²) < 4.78 is 0. The molecule has 1 aliphatic heterocycles. The number of aromatic carboxylic acids is 1. The number of amides is 1. The molecule has 2 aromatic carbocycles. The number of nitrogens with one attached hydrogen (secondary N) is 3. The van der Waals surface area contributed by atoms with E-state index in [2.05, 4.69) is 25.9 Å². The Morgan fingerprint density at radius 2 is 1.86 bits per heavy atom. The van der Waals surface area contributed by atoms with Gasteiger partial charge in [0.15, 0.2) is 0 Å². The monoisotopic (exact) mass is 377 g/mol. The molecule has 1 saturated heterocycles. The maximum atomic E-state index is 12.7. The summed E-state index contributed by atoms with van der Waals surface area (Å²) >= 11 is 0. The molecule has 0 aliphatic carbocycles. The smallest absolute Gasteiger partial charge is 0.337 e. The number of anilines is 2. The average molecular weight is 377 g/mol. The summed E-state index contributed by atoms with van der Waals surface area (Å²) in [6.45, 7) is 1.14. The van der Waals surface area contributed by atoms with Crippen molar-refractivity contribution in [3.8, 4) is 0 Å². The summed E-state index contributed by atoms with van der Waals surface area (Å²) in [7, 11) is 0. The van der Waals surface area contributed by atoms with Gasteiger partial charge in [-0.25, -0.2) is 14.8 Å². The van der Waals surface area contributed by atoms with Crippen molar-refractivity contribution in [2.24, 2.45) is 5.92 Å². The molecule has 4 N–H and O–H groups in total. The third kappa shape index (κ3) is 3.49. The quantitative estimate of drug-likeness (QED) is 0.537. The number of carbonyl (C=O) groups is 2. The van der Waals surface area contributed by atoms with Crippen molar-refractivity contribution in [2.45, 2.75) is 6.04 Å². The van der Waals surface area contributed by atoms with Gasteiger partial charge < -0.3 is 21.1 Å².